The molecule has 6 rings (SSSR count). The molecule has 2 fully saturated rings. The van der Waals surface area contributed by atoms with Gasteiger partial charge in [0, 0.05) is 50.3 Å². The van der Waals surface area contributed by atoms with Crippen LogP contribution in [0, 0.1) is 0 Å². The molecule has 1 N–H and O–H groups in total. The number of nitrogens with zero attached hydrogens (tertiary/aromatic N) is 6. The van der Waals surface area contributed by atoms with Crippen LogP contribution in [0.4, 0.5) is 17.3 Å². The number of piperidine rings is 1. The van der Waals surface area contributed by atoms with E-state index in [1.807, 2.05) is 36.3 Å². The van der Waals surface area contributed by atoms with E-state index in [-0.39, 0.29) is 6.10 Å². The normalized spacial score (nSPS) is 18.5. The minimum absolute atomic E-state index is 0.0213. The molecule has 1 atom stereocenters. The van der Waals surface area contributed by atoms with Crippen LogP contribution in [-0.2, 0) is 11.8 Å². The third-order valence-corrected chi connectivity index (χ3v) is 6.48. The summed E-state index contributed by atoms with van der Waals surface area (Å²) in [4.78, 5) is 12.0. The van der Waals surface area contributed by atoms with Gasteiger partial charge in [0.15, 0.2) is 0 Å². The highest BCUT2D eigenvalue weighted by atomic mass is 16.5. The van der Waals surface area contributed by atoms with Crippen molar-refractivity contribution in [2.45, 2.75) is 31.8 Å². The van der Waals surface area contributed by atoms with Gasteiger partial charge in [-0.15, -0.1) is 0 Å². The molecule has 0 aliphatic carbocycles. The Morgan fingerprint density at radius 1 is 1.03 bits per heavy atom. The van der Waals surface area contributed by atoms with Crippen molar-refractivity contribution in [1.82, 2.24) is 24.3 Å². The van der Waals surface area contributed by atoms with E-state index in [1.165, 1.54) is 24.9 Å². The molecular formula is C25H29N7O2. The van der Waals surface area contributed by atoms with Gasteiger partial charge in [0.05, 0.1) is 30.6 Å². The molecule has 0 unspecified atom stereocenters. The predicted molar refractivity (Wildman–Crippen MR) is 131 cm³/mol. The molecule has 0 spiro atoms. The average Bonchev–Trinajstić information content (AvgIpc) is 3.61. The van der Waals surface area contributed by atoms with Gasteiger partial charge in [0.25, 0.3) is 0 Å². The van der Waals surface area contributed by atoms with Crippen LogP contribution in [-0.4, -0.2) is 56.7 Å². The molecule has 34 heavy (non-hydrogen) atoms. The van der Waals surface area contributed by atoms with E-state index in [9.17, 15) is 0 Å². The first-order chi connectivity index (χ1) is 16.7. The summed E-state index contributed by atoms with van der Waals surface area (Å²) in [6.45, 7) is 3.54. The van der Waals surface area contributed by atoms with Gasteiger partial charge < -0.3 is 24.3 Å². The van der Waals surface area contributed by atoms with Crippen LogP contribution in [0.2, 0.25) is 0 Å². The summed E-state index contributed by atoms with van der Waals surface area (Å²) >= 11 is 0. The number of aryl methyl sites for hydroxylation is 1. The molecule has 0 saturated carbocycles. The molecule has 0 radical (unpaired) electrons. The van der Waals surface area contributed by atoms with Crippen molar-refractivity contribution in [3.8, 4) is 11.6 Å². The zero-order chi connectivity index (χ0) is 22.9. The fourth-order valence-corrected chi connectivity index (χ4v) is 4.70. The molecule has 176 valence electrons. The van der Waals surface area contributed by atoms with Crippen molar-refractivity contribution in [1.29, 1.82) is 0 Å². The molecule has 2 aliphatic heterocycles. The van der Waals surface area contributed by atoms with Crippen LogP contribution in [0.3, 0.4) is 0 Å². The number of aromatic nitrogens is 5. The van der Waals surface area contributed by atoms with Crippen molar-refractivity contribution in [2.24, 2.45) is 7.05 Å². The summed E-state index contributed by atoms with van der Waals surface area (Å²) in [5.74, 6) is 1.05. The smallest absolute Gasteiger partial charge is 0.244 e. The number of nitrogens with one attached hydrogen (secondary N) is 1. The van der Waals surface area contributed by atoms with Crippen LogP contribution in [0.15, 0.2) is 48.9 Å². The van der Waals surface area contributed by atoms with Gasteiger partial charge in [-0.1, -0.05) is 0 Å². The van der Waals surface area contributed by atoms with Gasteiger partial charge in [-0.25, -0.2) is 4.98 Å². The first-order valence-electron chi connectivity index (χ1n) is 12.0. The largest absolute Gasteiger partial charge is 0.470 e. The van der Waals surface area contributed by atoms with Crippen molar-refractivity contribution in [3.63, 3.8) is 0 Å². The molecule has 1 aromatic carbocycles. The van der Waals surface area contributed by atoms with Crippen molar-refractivity contribution >= 4 is 28.4 Å². The Bertz CT molecular complexity index is 1270. The molecule has 2 saturated heterocycles. The number of hydrogen-bond donors (Lipinski definition) is 1. The second kappa shape index (κ2) is 8.98. The maximum atomic E-state index is 6.32. The molecule has 5 heterocycles. The lowest BCUT2D eigenvalue weighted by Gasteiger charge is -2.28. The van der Waals surface area contributed by atoms with E-state index in [1.54, 1.807) is 4.68 Å². The fourth-order valence-electron chi connectivity index (χ4n) is 4.70. The topological polar surface area (TPSA) is 82.3 Å². The highest BCUT2D eigenvalue weighted by Gasteiger charge is 2.22. The zero-order valence-corrected chi connectivity index (χ0v) is 19.4. The van der Waals surface area contributed by atoms with Crippen molar-refractivity contribution in [2.75, 3.05) is 36.5 Å². The van der Waals surface area contributed by atoms with Crippen LogP contribution in [0.1, 0.15) is 25.7 Å². The summed E-state index contributed by atoms with van der Waals surface area (Å²) in [6.07, 6.45) is 10.4. The molecule has 9 nitrogen and oxygen atoms in total. The number of rotatable bonds is 6. The Hall–Kier alpha value is -3.59. The van der Waals surface area contributed by atoms with E-state index in [2.05, 4.69) is 39.6 Å². The summed E-state index contributed by atoms with van der Waals surface area (Å²) in [5, 5.41) is 7.67. The predicted octanol–water partition coefficient (Wildman–Crippen LogP) is 4.06. The van der Waals surface area contributed by atoms with E-state index >= 15 is 0 Å². The van der Waals surface area contributed by atoms with E-state index < -0.39 is 0 Å². The van der Waals surface area contributed by atoms with Gasteiger partial charge in [-0.05, 0) is 49.6 Å². The lowest BCUT2D eigenvalue weighted by molar-refractivity contribution is 0.139. The number of ether oxygens (including phenoxy) is 2. The summed E-state index contributed by atoms with van der Waals surface area (Å²) in [6, 6.07) is 10.5. The first-order valence-corrected chi connectivity index (χ1v) is 12.0. The number of anilines is 3. The van der Waals surface area contributed by atoms with Gasteiger partial charge in [0.1, 0.15) is 11.6 Å². The van der Waals surface area contributed by atoms with Gasteiger partial charge >= 0.3 is 0 Å². The molecule has 0 amide bonds. The Labute approximate surface area is 198 Å². The van der Waals surface area contributed by atoms with Crippen LogP contribution in [0.25, 0.3) is 16.7 Å². The summed E-state index contributed by atoms with van der Waals surface area (Å²) < 4.78 is 15.6. The number of hydrogen-bond acceptors (Lipinski definition) is 7. The fraction of sp³-hybridized carbons (Fsp3) is 0.400. The number of benzene rings is 1. The first kappa shape index (κ1) is 21.0. The average molecular weight is 460 g/mol. The highest BCUT2D eigenvalue weighted by Crippen LogP contribution is 2.31. The van der Waals surface area contributed by atoms with Crippen LogP contribution < -0.4 is 15.0 Å². The third kappa shape index (κ3) is 4.19. The summed E-state index contributed by atoms with van der Waals surface area (Å²) in [5.41, 5.74) is 4.77. The quantitative estimate of drug-likeness (QED) is 0.466. The van der Waals surface area contributed by atoms with Crippen molar-refractivity contribution < 1.29 is 9.47 Å². The molecular weight excluding hydrogens is 430 g/mol. The molecule has 3 aromatic heterocycles. The Balaban J connectivity index is 1.31. The Morgan fingerprint density at radius 2 is 1.88 bits per heavy atom. The molecule has 9 heteroatoms. The summed E-state index contributed by atoms with van der Waals surface area (Å²) in [7, 11) is 1.90. The number of fused-ring (bicyclic) bond motifs is 1. The van der Waals surface area contributed by atoms with Gasteiger partial charge in [-0.2, -0.15) is 10.1 Å². The lowest BCUT2D eigenvalue weighted by atomic mass is 10.1. The second-order valence-electron chi connectivity index (χ2n) is 8.97. The van der Waals surface area contributed by atoms with Crippen molar-refractivity contribution in [3.05, 3.63) is 48.9 Å². The highest BCUT2D eigenvalue weighted by molar-refractivity contribution is 5.84. The standard InChI is InChI=1S/C25H29N7O2/c1-30-16-20(15-26-30)32-13-9-22-23(32)24(34-21-10-14-33-17-21)29-25(28-22)27-18-5-7-19(8-6-18)31-11-3-2-4-12-31/h5-9,13,15-16,21H,2-4,10-12,14,17H2,1H3,(H,27,28,29)/t21-/m0/s1. The Morgan fingerprint density at radius 3 is 2.62 bits per heavy atom. The van der Waals surface area contributed by atoms with Crippen LogP contribution in [0.5, 0.6) is 5.88 Å². The minimum Gasteiger partial charge on any atom is -0.470 e. The van der Waals surface area contributed by atoms with Gasteiger partial charge in [-0.3, -0.25) is 4.68 Å². The Kier molecular flexibility index (Phi) is 5.54. The SMILES string of the molecule is Cn1cc(-n2ccc3nc(Nc4ccc(N5CCCCC5)cc4)nc(O[C@H]4CCOC4)c32)cn1. The van der Waals surface area contributed by atoms with E-state index in [0.717, 1.165) is 41.9 Å². The van der Waals surface area contributed by atoms with Crippen LogP contribution >= 0.6 is 0 Å². The monoisotopic (exact) mass is 459 g/mol. The lowest BCUT2D eigenvalue weighted by Crippen LogP contribution is -2.29. The second-order valence-corrected chi connectivity index (χ2v) is 8.97. The van der Waals surface area contributed by atoms with E-state index in [4.69, 9.17) is 19.4 Å². The molecule has 2 aliphatic rings. The molecule has 0 bridgehead atoms. The zero-order valence-electron chi connectivity index (χ0n) is 19.4. The minimum atomic E-state index is -0.0213. The maximum Gasteiger partial charge on any atom is 0.244 e. The maximum absolute atomic E-state index is 6.32. The van der Waals surface area contributed by atoms with Gasteiger partial charge in [0.2, 0.25) is 11.8 Å². The van der Waals surface area contributed by atoms with E-state index in [0.29, 0.717) is 25.0 Å². The molecule has 4 aromatic rings. The third-order valence-electron chi connectivity index (χ3n) is 6.48.